The molecule has 13 nitrogen and oxygen atoms in total. The third-order valence-corrected chi connectivity index (χ3v) is 4.86. The Labute approximate surface area is 215 Å². The second-order valence-electron chi connectivity index (χ2n) is 7.64. The number of esters is 1. The summed E-state index contributed by atoms with van der Waals surface area (Å²) in [5.41, 5.74) is 3.14. The highest BCUT2D eigenvalue weighted by Crippen LogP contribution is 2.29. The van der Waals surface area contributed by atoms with Crippen molar-refractivity contribution in [3.63, 3.8) is 0 Å². The Morgan fingerprint density at radius 3 is 2.29 bits per heavy atom. The number of carbonyl (C=O) groups excluding carboxylic acids is 2. The van der Waals surface area contributed by atoms with Crippen molar-refractivity contribution in [1.29, 1.82) is 0 Å². The molecule has 0 aliphatic heterocycles. The highest BCUT2D eigenvalue weighted by Gasteiger charge is 2.17. The van der Waals surface area contributed by atoms with Gasteiger partial charge in [-0.3, -0.25) is 25.0 Å². The summed E-state index contributed by atoms with van der Waals surface area (Å²) >= 11 is 0. The summed E-state index contributed by atoms with van der Waals surface area (Å²) < 4.78 is 16.2. The lowest BCUT2D eigenvalue weighted by Gasteiger charge is -2.11. The second-order valence-corrected chi connectivity index (χ2v) is 7.64. The standard InChI is InChI=1S/C25H22N4O9/c1-3-36-23-13-17(5-11-22(23)38-25(31)18-6-8-19(9-7-18)28(32)33)14-26-27-24(30)15-37-21-10-4-16(2)12-20(21)29(34)35/h4-14H,3,15H2,1-2H3,(H,27,30). The summed E-state index contributed by atoms with van der Waals surface area (Å²) in [6.45, 7) is 3.21. The van der Waals surface area contributed by atoms with E-state index in [9.17, 15) is 29.8 Å². The number of hydrogen-bond acceptors (Lipinski definition) is 10. The molecule has 0 fully saturated rings. The van der Waals surface area contributed by atoms with Gasteiger partial charge in [-0.25, -0.2) is 10.2 Å². The average Bonchev–Trinajstić information content (AvgIpc) is 2.89. The molecule has 13 heteroatoms. The minimum atomic E-state index is -0.733. The van der Waals surface area contributed by atoms with Crippen molar-refractivity contribution in [2.75, 3.05) is 13.2 Å². The Bertz CT molecular complexity index is 1390. The average molecular weight is 522 g/mol. The molecule has 3 aromatic rings. The van der Waals surface area contributed by atoms with E-state index in [1.165, 1.54) is 54.7 Å². The van der Waals surface area contributed by atoms with Crippen molar-refractivity contribution < 1.29 is 33.6 Å². The number of non-ortho nitro benzene ring substituents is 1. The molecule has 0 atom stereocenters. The van der Waals surface area contributed by atoms with Crippen LogP contribution in [0.2, 0.25) is 0 Å². The van der Waals surface area contributed by atoms with Crippen molar-refractivity contribution in [2.45, 2.75) is 13.8 Å². The normalized spacial score (nSPS) is 10.6. The summed E-state index contributed by atoms with van der Waals surface area (Å²) in [4.78, 5) is 45.3. The SMILES string of the molecule is CCOc1cc(C=NNC(=O)COc2ccc(C)cc2[N+](=O)[O-])ccc1OC(=O)c1ccc([N+](=O)[O-])cc1. The lowest BCUT2D eigenvalue weighted by molar-refractivity contribution is -0.385. The molecule has 0 spiro atoms. The van der Waals surface area contributed by atoms with E-state index in [4.69, 9.17) is 14.2 Å². The molecule has 0 radical (unpaired) electrons. The van der Waals surface area contributed by atoms with Crippen molar-refractivity contribution >= 4 is 29.5 Å². The van der Waals surface area contributed by atoms with Crippen LogP contribution in [0.1, 0.15) is 28.4 Å². The number of nitrogens with zero attached hydrogens (tertiary/aromatic N) is 3. The van der Waals surface area contributed by atoms with Gasteiger partial charge in [0.05, 0.1) is 28.2 Å². The highest BCUT2D eigenvalue weighted by molar-refractivity contribution is 5.92. The van der Waals surface area contributed by atoms with Crippen LogP contribution in [0.25, 0.3) is 0 Å². The maximum absolute atomic E-state index is 12.5. The smallest absolute Gasteiger partial charge is 0.343 e. The minimum absolute atomic E-state index is 0.0417. The number of rotatable bonds is 11. The van der Waals surface area contributed by atoms with E-state index in [1.807, 2.05) is 0 Å². The van der Waals surface area contributed by atoms with E-state index in [1.54, 1.807) is 26.0 Å². The van der Waals surface area contributed by atoms with Crippen LogP contribution >= 0.6 is 0 Å². The topological polar surface area (TPSA) is 172 Å². The third kappa shape index (κ3) is 7.34. The number of carbonyl (C=O) groups is 2. The first-order valence-electron chi connectivity index (χ1n) is 11.1. The van der Waals surface area contributed by atoms with Crippen LogP contribution in [0.3, 0.4) is 0 Å². The van der Waals surface area contributed by atoms with Gasteiger partial charge in [0.15, 0.2) is 23.9 Å². The van der Waals surface area contributed by atoms with E-state index in [0.29, 0.717) is 11.1 Å². The van der Waals surface area contributed by atoms with Crippen molar-refractivity contribution in [3.8, 4) is 17.2 Å². The molecule has 3 aromatic carbocycles. The van der Waals surface area contributed by atoms with Crippen LogP contribution in [-0.4, -0.2) is 41.2 Å². The quantitative estimate of drug-likeness (QED) is 0.129. The van der Waals surface area contributed by atoms with E-state index < -0.39 is 28.3 Å². The number of nitro benzene ring substituents is 2. The van der Waals surface area contributed by atoms with Crippen LogP contribution in [0.5, 0.6) is 17.2 Å². The van der Waals surface area contributed by atoms with Gasteiger partial charge >= 0.3 is 11.7 Å². The molecule has 0 unspecified atom stereocenters. The molecule has 196 valence electrons. The van der Waals surface area contributed by atoms with Crippen molar-refractivity contribution in [2.24, 2.45) is 5.10 Å². The van der Waals surface area contributed by atoms with Crippen LogP contribution in [0.15, 0.2) is 65.8 Å². The molecule has 0 aromatic heterocycles. The van der Waals surface area contributed by atoms with Gasteiger partial charge in [-0.2, -0.15) is 5.10 Å². The van der Waals surface area contributed by atoms with Gasteiger partial charge in [0.2, 0.25) is 0 Å². The molecule has 3 rings (SSSR count). The number of benzene rings is 3. The van der Waals surface area contributed by atoms with E-state index in [-0.39, 0.29) is 40.8 Å². The third-order valence-electron chi connectivity index (χ3n) is 4.86. The Morgan fingerprint density at radius 2 is 1.63 bits per heavy atom. The fourth-order valence-corrected chi connectivity index (χ4v) is 3.08. The lowest BCUT2D eigenvalue weighted by Crippen LogP contribution is -2.24. The Kier molecular flexibility index (Phi) is 9.02. The van der Waals surface area contributed by atoms with Gasteiger partial charge in [-0.15, -0.1) is 0 Å². The first-order chi connectivity index (χ1) is 18.2. The molecule has 0 heterocycles. The van der Waals surface area contributed by atoms with E-state index in [0.717, 1.165) is 0 Å². The largest absolute Gasteiger partial charge is 0.490 e. The fourth-order valence-electron chi connectivity index (χ4n) is 3.08. The number of nitro groups is 2. The molecule has 0 saturated heterocycles. The number of hydrazone groups is 1. The number of nitrogens with one attached hydrogen (secondary N) is 1. The van der Waals surface area contributed by atoms with Gasteiger partial charge < -0.3 is 14.2 Å². The summed E-state index contributed by atoms with van der Waals surface area (Å²) in [6.07, 6.45) is 1.32. The van der Waals surface area contributed by atoms with Crippen LogP contribution < -0.4 is 19.6 Å². The first kappa shape index (κ1) is 27.3. The summed E-state index contributed by atoms with van der Waals surface area (Å²) in [5, 5.41) is 25.8. The predicted octanol–water partition coefficient (Wildman–Crippen LogP) is 3.96. The lowest BCUT2D eigenvalue weighted by atomic mass is 10.2. The molecule has 1 amide bonds. The van der Waals surface area contributed by atoms with E-state index >= 15 is 0 Å². The predicted molar refractivity (Wildman–Crippen MR) is 135 cm³/mol. The Balaban J connectivity index is 1.61. The maximum Gasteiger partial charge on any atom is 0.343 e. The van der Waals surface area contributed by atoms with Crippen molar-refractivity contribution in [1.82, 2.24) is 5.43 Å². The van der Waals surface area contributed by atoms with Crippen molar-refractivity contribution in [3.05, 3.63) is 97.6 Å². The Hall–Kier alpha value is -5.33. The highest BCUT2D eigenvalue weighted by atomic mass is 16.6. The minimum Gasteiger partial charge on any atom is -0.490 e. The maximum atomic E-state index is 12.5. The molecule has 0 aliphatic rings. The van der Waals surface area contributed by atoms with E-state index in [2.05, 4.69) is 10.5 Å². The molecule has 38 heavy (non-hydrogen) atoms. The summed E-state index contributed by atoms with van der Waals surface area (Å²) in [5.74, 6) is -1.07. The number of aryl methyl sites for hydroxylation is 1. The molecular formula is C25H22N4O9. The number of hydrogen-bond donors (Lipinski definition) is 1. The zero-order valence-electron chi connectivity index (χ0n) is 20.3. The van der Waals surface area contributed by atoms with Gasteiger partial charge in [-0.05, 0) is 61.4 Å². The fraction of sp³-hybridized carbons (Fsp3) is 0.160. The molecular weight excluding hydrogens is 500 g/mol. The molecule has 1 N–H and O–H groups in total. The molecule has 0 bridgehead atoms. The van der Waals surface area contributed by atoms with Crippen LogP contribution in [0, 0.1) is 27.2 Å². The molecule has 0 aliphatic carbocycles. The Morgan fingerprint density at radius 1 is 0.921 bits per heavy atom. The van der Waals surface area contributed by atoms with Gasteiger partial charge in [0, 0.05) is 18.2 Å². The number of ether oxygens (including phenoxy) is 3. The number of amides is 1. The van der Waals surface area contributed by atoms with Gasteiger partial charge in [0.25, 0.3) is 11.6 Å². The zero-order chi connectivity index (χ0) is 27.7. The summed E-state index contributed by atoms with van der Waals surface area (Å²) in [6, 6.07) is 13.9. The van der Waals surface area contributed by atoms with Crippen LogP contribution in [0.4, 0.5) is 11.4 Å². The van der Waals surface area contributed by atoms with Gasteiger partial charge in [-0.1, -0.05) is 6.07 Å². The van der Waals surface area contributed by atoms with Gasteiger partial charge in [0.1, 0.15) is 0 Å². The van der Waals surface area contributed by atoms with Crippen LogP contribution in [-0.2, 0) is 4.79 Å². The zero-order valence-corrected chi connectivity index (χ0v) is 20.3. The molecule has 0 saturated carbocycles. The second kappa shape index (κ2) is 12.6. The first-order valence-corrected chi connectivity index (χ1v) is 11.1. The summed E-state index contributed by atoms with van der Waals surface area (Å²) in [7, 11) is 0. The monoisotopic (exact) mass is 522 g/mol.